The van der Waals surface area contributed by atoms with Crippen LogP contribution in [0.2, 0.25) is 0 Å². The van der Waals surface area contributed by atoms with E-state index in [9.17, 15) is 10.2 Å². The summed E-state index contributed by atoms with van der Waals surface area (Å²) in [6, 6.07) is 9.73. The molecular weight excluding hydrogens is 440 g/mol. The number of piperidine rings is 1. The van der Waals surface area contributed by atoms with Crippen LogP contribution in [-0.4, -0.2) is 50.7 Å². The first-order valence-electron chi connectivity index (χ1n) is 12.8. The molecule has 3 aliphatic heterocycles. The van der Waals surface area contributed by atoms with Crippen molar-refractivity contribution in [3.8, 4) is 11.5 Å². The standard InChI is InChI=1S/C28H26N4O3/c29-26-15-2-1-3-17-20(15)22(31-26)16-11-28(34)19-10-14-6-7-18(33)24-21(14)27(28,25(35-24)23(16)30-17)8-9-32(19)12-13-4-5-13/h1-3,6-7,13,19,25,33-34H,4-5,8-12H2,(H2,29,31)/t19-,25+,27+,28-/m1/s1. The van der Waals surface area contributed by atoms with E-state index in [1.807, 2.05) is 24.3 Å². The molecule has 4 N–H and O–H groups in total. The number of phenols is 1. The first-order valence-corrected chi connectivity index (χ1v) is 12.8. The maximum Gasteiger partial charge on any atom is 0.166 e. The molecule has 35 heavy (non-hydrogen) atoms. The highest BCUT2D eigenvalue weighted by atomic mass is 16.5. The molecule has 2 bridgehead atoms. The molecule has 0 unspecified atom stereocenters. The number of nitrogens with zero attached hydrogens (tertiary/aromatic N) is 3. The van der Waals surface area contributed by atoms with Gasteiger partial charge in [0.25, 0.3) is 0 Å². The van der Waals surface area contributed by atoms with E-state index in [0.717, 1.165) is 70.8 Å². The highest BCUT2D eigenvalue weighted by Gasteiger charge is 2.73. The van der Waals surface area contributed by atoms with Gasteiger partial charge in [-0.15, -0.1) is 0 Å². The average Bonchev–Trinajstić information content (AvgIpc) is 3.49. The monoisotopic (exact) mass is 466 g/mol. The van der Waals surface area contributed by atoms with E-state index in [4.69, 9.17) is 20.4 Å². The van der Waals surface area contributed by atoms with Crippen LogP contribution < -0.4 is 10.5 Å². The van der Waals surface area contributed by atoms with Crippen molar-refractivity contribution in [1.29, 1.82) is 0 Å². The predicted octanol–water partition coefficient (Wildman–Crippen LogP) is 2.99. The summed E-state index contributed by atoms with van der Waals surface area (Å²) in [7, 11) is 0. The number of rotatable bonds is 2. The molecule has 9 rings (SSSR count). The minimum Gasteiger partial charge on any atom is -0.504 e. The highest BCUT2D eigenvalue weighted by molar-refractivity contribution is 6.18. The third-order valence-electron chi connectivity index (χ3n) is 9.83. The van der Waals surface area contributed by atoms with E-state index in [2.05, 4.69) is 4.90 Å². The van der Waals surface area contributed by atoms with Gasteiger partial charge in [-0.05, 0) is 55.8 Å². The summed E-state index contributed by atoms with van der Waals surface area (Å²) < 4.78 is 6.65. The lowest BCUT2D eigenvalue weighted by molar-refractivity contribution is -0.173. The molecule has 4 atom stereocenters. The second-order valence-corrected chi connectivity index (χ2v) is 11.4. The quantitative estimate of drug-likeness (QED) is 0.537. The largest absolute Gasteiger partial charge is 0.504 e. The second kappa shape index (κ2) is 5.79. The number of pyridine rings is 1. The number of aromatic hydroxyl groups is 1. The second-order valence-electron chi connectivity index (χ2n) is 11.4. The summed E-state index contributed by atoms with van der Waals surface area (Å²) in [6.07, 6.45) is 4.10. The molecule has 4 heterocycles. The van der Waals surface area contributed by atoms with Gasteiger partial charge in [0, 0.05) is 41.1 Å². The molecule has 0 radical (unpaired) electrons. The molecular formula is C28H26N4O3. The number of benzene rings is 2. The van der Waals surface area contributed by atoms with Gasteiger partial charge in [-0.1, -0.05) is 18.2 Å². The van der Waals surface area contributed by atoms with Gasteiger partial charge in [-0.2, -0.15) is 0 Å². The number of amidine groups is 1. The Morgan fingerprint density at radius 3 is 2.94 bits per heavy atom. The number of phenolic OH excluding ortho intramolecular Hbond substituents is 1. The van der Waals surface area contributed by atoms with Gasteiger partial charge in [0.2, 0.25) is 0 Å². The lowest BCUT2D eigenvalue weighted by Gasteiger charge is -2.63. The Kier molecular flexibility index (Phi) is 3.16. The van der Waals surface area contributed by atoms with Gasteiger partial charge < -0.3 is 20.7 Å². The van der Waals surface area contributed by atoms with Gasteiger partial charge in [0.05, 0.1) is 27.9 Å². The molecule has 1 aromatic heterocycles. The Morgan fingerprint density at radius 1 is 1.20 bits per heavy atom. The van der Waals surface area contributed by atoms with Crippen molar-refractivity contribution in [3.05, 3.63) is 58.3 Å². The molecule has 7 heteroatoms. The number of hydrogen-bond donors (Lipinski definition) is 3. The van der Waals surface area contributed by atoms with Crippen molar-refractivity contribution in [2.24, 2.45) is 16.6 Å². The van der Waals surface area contributed by atoms with Gasteiger partial charge in [-0.25, -0.2) is 9.98 Å². The lowest BCUT2D eigenvalue weighted by Crippen LogP contribution is -2.74. The number of aromatic nitrogens is 1. The first kappa shape index (κ1) is 19.1. The maximum atomic E-state index is 12.9. The predicted molar refractivity (Wildman–Crippen MR) is 130 cm³/mol. The minimum absolute atomic E-state index is 0.0139. The van der Waals surface area contributed by atoms with Gasteiger partial charge in [0.1, 0.15) is 5.84 Å². The van der Waals surface area contributed by atoms with E-state index in [1.165, 1.54) is 18.4 Å². The van der Waals surface area contributed by atoms with Crippen LogP contribution in [0.3, 0.4) is 0 Å². The van der Waals surface area contributed by atoms with Crippen molar-refractivity contribution in [2.45, 2.75) is 55.3 Å². The first-order chi connectivity index (χ1) is 17.0. The number of aliphatic imine (C=N–C) groups is 1. The van der Waals surface area contributed by atoms with E-state index in [-0.39, 0.29) is 11.8 Å². The molecule has 1 saturated heterocycles. The van der Waals surface area contributed by atoms with Crippen LogP contribution in [0.25, 0.3) is 10.9 Å². The van der Waals surface area contributed by atoms with Crippen LogP contribution in [-0.2, 0) is 18.3 Å². The summed E-state index contributed by atoms with van der Waals surface area (Å²) in [6.45, 7) is 1.96. The molecule has 2 fully saturated rings. The van der Waals surface area contributed by atoms with Crippen molar-refractivity contribution in [3.63, 3.8) is 0 Å². The van der Waals surface area contributed by atoms with E-state index in [0.29, 0.717) is 18.0 Å². The summed E-state index contributed by atoms with van der Waals surface area (Å²) in [5, 5.41) is 24.7. The van der Waals surface area contributed by atoms with E-state index < -0.39 is 17.1 Å². The minimum atomic E-state index is -1.04. The Morgan fingerprint density at radius 2 is 2.09 bits per heavy atom. The molecule has 3 aliphatic carbocycles. The highest BCUT2D eigenvalue weighted by Crippen LogP contribution is 2.69. The fourth-order valence-corrected chi connectivity index (χ4v) is 8.18. The summed E-state index contributed by atoms with van der Waals surface area (Å²) in [5.74, 6) is 1.92. The fraction of sp³-hybridized carbons (Fsp3) is 0.429. The van der Waals surface area contributed by atoms with Crippen LogP contribution >= 0.6 is 0 Å². The lowest BCUT2D eigenvalue weighted by atomic mass is 9.48. The van der Waals surface area contributed by atoms with Crippen molar-refractivity contribution < 1.29 is 14.9 Å². The number of likely N-dealkylation sites (tertiary alicyclic amines) is 1. The third-order valence-corrected chi connectivity index (χ3v) is 9.83. The summed E-state index contributed by atoms with van der Waals surface area (Å²) >= 11 is 0. The maximum absolute atomic E-state index is 12.9. The van der Waals surface area contributed by atoms with Crippen LogP contribution in [0.1, 0.15) is 53.3 Å². The van der Waals surface area contributed by atoms with Gasteiger partial charge >= 0.3 is 0 Å². The average molecular weight is 467 g/mol. The number of fused-ring (bicyclic) bond motifs is 3. The van der Waals surface area contributed by atoms with Crippen molar-refractivity contribution in [1.82, 2.24) is 9.88 Å². The Balaban J connectivity index is 1.36. The zero-order valence-corrected chi connectivity index (χ0v) is 19.3. The zero-order valence-electron chi connectivity index (χ0n) is 19.3. The topological polar surface area (TPSA) is 104 Å². The zero-order chi connectivity index (χ0) is 23.3. The number of ether oxygens (including phenoxy) is 1. The van der Waals surface area contributed by atoms with Crippen LogP contribution in [0.4, 0.5) is 5.69 Å². The fourth-order valence-electron chi connectivity index (χ4n) is 8.18. The summed E-state index contributed by atoms with van der Waals surface area (Å²) in [4.78, 5) is 12.5. The molecule has 176 valence electrons. The smallest absolute Gasteiger partial charge is 0.166 e. The van der Waals surface area contributed by atoms with E-state index >= 15 is 0 Å². The normalized spacial score (nSPS) is 33.3. The van der Waals surface area contributed by atoms with Crippen LogP contribution in [0, 0.1) is 5.92 Å². The Bertz CT molecular complexity index is 1550. The third kappa shape index (κ3) is 2.01. The Labute approximate surface area is 202 Å². The number of hydrogen-bond acceptors (Lipinski definition) is 7. The van der Waals surface area contributed by atoms with Crippen molar-refractivity contribution >= 4 is 22.4 Å². The van der Waals surface area contributed by atoms with Gasteiger partial charge in [0.15, 0.2) is 17.6 Å². The molecule has 1 saturated carbocycles. The molecule has 0 amide bonds. The SMILES string of the molecule is NC1=Nc2c3c(nc4cccc1c24)[C@@H]1Oc2c(O)ccc4c2[C@@]12CCN(CC1CC1)[C@H](C4)[C@]2(O)C3. The van der Waals surface area contributed by atoms with Gasteiger partial charge in [-0.3, -0.25) is 4.90 Å². The van der Waals surface area contributed by atoms with E-state index in [1.54, 1.807) is 6.07 Å². The summed E-state index contributed by atoms with van der Waals surface area (Å²) in [5.41, 5.74) is 11.2. The van der Waals surface area contributed by atoms with Crippen molar-refractivity contribution in [2.75, 3.05) is 13.1 Å². The molecule has 1 spiro atoms. The van der Waals surface area contributed by atoms with Crippen LogP contribution in [0.15, 0.2) is 35.3 Å². The van der Waals surface area contributed by atoms with Crippen LogP contribution in [0.5, 0.6) is 11.5 Å². The molecule has 6 aliphatic rings. The molecule has 3 aromatic rings. The molecule has 2 aromatic carbocycles. The molecule has 7 nitrogen and oxygen atoms in total. The number of nitrogens with two attached hydrogens (primary N) is 1. The Hall–Kier alpha value is -3.16. The number of aliphatic hydroxyl groups is 1.